The van der Waals surface area contributed by atoms with Gasteiger partial charge < -0.3 is 10.0 Å². The Balaban J connectivity index is 2.26. The minimum absolute atomic E-state index is 0.171. The molecule has 5 nitrogen and oxygen atoms in total. The van der Waals surface area contributed by atoms with E-state index in [1.807, 2.05) is 17.9 Å². The Morgan fingerprint density at radius 2 is 2.32 bits per heavy atom. The molecule has 1 fully saturated rings. The molecule has 2 atom stereocenters. The first-order chi connectivity index (χ1) is 9.01. The van der Waals surface area contributed by atoms with E-state index in [1.54, 1.807) is 12.1 Å². The number of carboxylic acids is 1. The molecule has 0 aromatic carbocycles. The Hall–Kier alpha value is -1.80. The normalized spacial score (nSPS) is 22.9. The zero-order valence-corrected chi connectivity index (χ0v) is 11.3. The molecular weight excluding hydrogens is 266 g/mol. The highest BCUT2D eigenvalue weighted by molar-refractivity contribution is 6.31. The second kappa shape index (κ2) is 5.45. The van der Waals surface area contributed by atoms with E-state index in [0.29, 0.717) is 23.8 Å². The van der Waals surface area contributed by atoms with Crippen LogP contribution in [0.25, 0.3) is 0 Å². The summed E-state index contributed by atoms with van der Waals surface area (Å²) in [5, 5.41) is 18.4. The molecule has 0 radical (unpaired) electrons. The van der Waals surface area contributed by atoms with Gasteiger partial charge in [-0.3, -0.25) is 4.79 Å². The first kappa shape index (κ1) is 13.6. The Kier molecular flexibility index (Phi) is 3.91. The van der Waals surface area contributed by atoms with Crippen LogP contribution in [0.5, 0.6) is 0 Å². The fraction of sp³-hybridized carbons (Fsp3) is 0.462. The largest absolute Gasteiger partial charge is 0.481 e. The number of anilines is 1. The number of rotatable bonds is 2. The minimum atomic E-state index is -0.786. The van der Waals surface area contributed by atoms with Gasteiger partial charge in [-0.1, -0.05) is 18.5 Å². The third kappa shape index (κ3) is 2.96. The maximum atomic E-state index is 11.1. The van der Waals surface area contributed by atoms with Crippen LogP contribution in [0, 0.1) is 23.2 Å². The average Bonchev–Trinajstić information content (AvgIpc) is 2.38. The van der Waals surface area contributed by atoms with E-state index in [-0.39, 0.29) is 11.6 Å². The van der Waals surface area contributed by atoms with Gasteiger partial charge in [-0.05, 0) is 24.5 Å². The highest BCUT2D eigenvalue weighted by Gasteiger charge is 2.30. The molecule has 1 aromatic heterocycles. The SMILES string of the molecule is CC1CC(C(=O)O)CN(c2ccc(Cl)c(C#N)n2)C1. The van der Waals surface area contributed by atoms with Crippen LogP contribution in [-0.4, -0.2) is 29.1 Å². The van der Waals surface area contributed by atoms with Crippen LogP contribution in [0.2, 0.25) is 5.02 Å². The van der Waals surface area contributed by atoms with E-state index in [0.717, 1.165) is 6.54 Å². The third-order valence-electron chi connectivity index (χ3n) is 3.27. The monoisotopic (exact) mass is 279 g/mol. The summed E-state index contributed by atoms with van der Waals surface area (Å²) in [6.07, 6.45) is 0.671. The lowest BCUT2D eigenvalue weighted by molar-refractivity contribution is -0.142. The Labute approximate surface area is 116 Å². The van der Waals surface area contributed by atoms with Crippen molar-refractivity contribution in [1.29, 1.82) is 5.26 Å². The van der Waals surface area contributed by atoms with Gasteiger partial charge in [0.15, 0.2) is 5.69 Å². The second-order valence-corrected chi connectivity index (χ2v) is 5.30. The quantitative estimate of drug-likeness (QED) is 0.897. The van der Waals surface area contributed by atoms with Gasteiger partial charge >= 0.3 is 5.97 Å². The van der Waals surface area contributed by atoms with Crippen LogP contribution in [0.3, 0.4) is 0 Å². The van der Waals surface area contributed by atoms with E-state index in [2.05, 4.69) is 4.98 Å². The van der Waals surface area contributed by atoms with Gasteiger partial charge in [-0.2, -0.15) is 5.26 Å². The zero-order chi connectivity index (χ0) is 14.0. The molecule has 1 aromatic rings. The van der Waals surface area contributed by atoms with Crippen molar-refractivity contribution in [1.82, 2.24) is 4.98 Å². The second-order valence-electron chi connectivity index (χ2n) is 4.89. The van der Waals surface area contributed by atoms with Crippen LogP contribution in [0.15, 0.2) is 12.1 Å². The molecule has 0 amide bonds. The molecule has 0 spiro atoms. The van der Waals surface area contributed by atoms with Gasteiger partial charge in [0, 0.05) is 13.1 Å². The van der Waals surface area contributed by atoms with E-state index >= 15 is 0 Å². The van der Waals surface area contributed by atoms with Crippen molar-refractivity contribution in [3.8, 4) is 6.07 Å². The summed E-state index contributed by atoms with van der Waals surface area (Å²) in [5.41, 5.74) is 0.171. The summed E-state index contributed by atoms with van der Waals surface area (Å²) >= 11 is 5.85. The minimum Gasteiger partial charge on any atom is -0.481 e. The molecule has 0 bridgehead atoms. The van der Waals surface area contributed by atoms with Gasteiger partial charge in [-0.25, -0.2) is 4.98 Å². The highest BCUT2D eigenvalue weighted by atomic mass is 35.5. The van der Waals surface area contributed by atoms with Crippen molar-refractivity contribution >= 4 is 23.4 Å². The van der Waals surface area contributed by atoms with Crippen LogP contribution in [0.1, 0.15) is 19.0 Å². The average molecular weight is 280 g/mol. The molecule has 1 aliphatic heterocycles. The molecule has 0 saturated carbocycles. The number of carboxylic acid groups (broad SMARTS) is 1. The number of pyridine rings is 1. The van der Waals surface area contributed by atoms with Crippen molar-refractivity contribution in [2.24, 2.45) is 11.8 Å². The van der Waals surface area contributed by atoms with Crippen LogP contribution in [0.4, 0.5) is 5.82 Å². The molecule has 100 valence electrons. The van der Waals surface area contributed by atoms with Gasteiger partial charge in [-0.15, -0.1) is 0 Å². The maximum Gasteiger partial charge on any atom is 0.308 e. The predicted molar refractivity (Wildman–Crippen MR) is 71.1 cm³/mol. The summed E-state index contributed by atoms with van der Waals surface area (Å²) in [4.78, 5) is 17.2. The lowest BCUT2D eigenvalue weighted by Gasteiger charge is -2.35. The van der Waals surface area contributed by atoms with E-state index in [1.165, 1.54) is 0 Å². The fourth-order valence-electron chi connectivity index (χ4n) is 2.40. The first-order valence-electron chi connectivity index (χ1n) is 6.05. The molecule has 1 N–H and O–H groups in total. The lowest BCUT2D eigenvalue weighted by atomic mass is 9.90. The number of hydrogen-bond acceptors (Lipinski definition) is 4. The van der Waals surface area contributed by atoms with Crippen LogP contribution >= 0.6 is 11.6 Å². The van der Waals surface area contributed by atoms with Crippen molar-refractivity contribution in [2.75, 3.05) is 18.0 Å². The van der Waals surface area contributed by atoms with E-state index < -0.39 is 11.9 Å². The highest BCUT2D eigenvalue weighted by Crippen LogP contribution is 2.27. The number of nitrogens with zero attached hydrogens (tertiary/aromatic N) is 3. The number of nitriles is 1. The van der Waals surface area contributed by atoms with Crippen LogP contribution in [-0.2, 0) is 4.79 Å². The maximum absolute atomic E-state index is 11.1. The van der Waals surface area contributed by atoms with Gasteiger partial charge in [0.05, 0.1) is 10.9 Å². The molecule has 1 saturated heterocycles. The third-order valence-corrected chi connectivity index (χ3v) is 3.58. The Bertz CT molecular complexity index is 541. The Morgan fingerprint density at radius 1 is 1.58 bits per heavy atom. The van der Waals surface area contributed by atoms with E-state index in [9.17, 15) is 4.79 Å². The fourth-order valence-corrected chi connectivity index (χ4v) is 2.55. The predicted octanol–water partition coefficient (Wildman–Crippen LogP) is 2.15. The van der Waals surface area contributed by atoms with Gasteiger partial charge in [0.25, 0.3) is 0 Å². The molecule has 0 aliphatic carbocycles. The number of aromatic nitrogens is 1. The van der Waals surface area contributed by atoms with Crippen molar-refractivity contribution in [3.63, 3.8) is 0 Å². The first-order valence-corrected chi connectivity index (χ1v) is 6.43. The summed E-state index contributed by atoms with van der Waals surface area (Å²) < 4.78 is 0. The van der Waals surface area contributed by atoms with Gasteiger partial charge in [0.2, 0.25) is 0 Å². The smallest absolute Gasteiger partial charge is 0.308 e. The Morgan fingerprint density at radius 3 is 2.95 bits per heavy atom. The molecular formula is C13H14ClN3O2. The van der Waals surface area contributed by atoms with Crippen LogP contribution < -0.4 is 4.90 Å². The number of hydrogen-bond donors (Lipinski definition) is 1. The lowest BCUT2D eigenvalue weighted by Crippen LogP contribution is -2.43. The summed E-state index contributed by atoms with van der Waals surface area (Å²) in [6.45, 7) is 3.17. The molecule has 2 unspecified atom stereocenters. The molecule has 1 aliphatic rings. The summed E-state index contributed by atoms with van der Waals surface area (Å²) in [5.74, 6) is -0.297. The molecule has 2 rings (SSSR count). The zero-order valence-electron chi connectivity index (χ0n) is 10.5. The standard InChI is InChI=1S/C13H14ClN3O2/c1-8-4-9(13(18)19)7-17(6-8)12-3-2-10(14)11(5-15)16-12/h2-3,8-9H,4,6-7H2,1H3,(H,18,19). The molecule has 6 heteroatoms. The van der Waals surface area contributed by atoms with Crippen molar-refractivity contribution in [2.45, 2.75) is 13.3 Å². The molecule has 19 heavy (non-hydrogen) atoms. The number of aliphatic carboxylic acids is 1. The number of halogens is 1. The molecule has 2 heterocycles. The summed E-state index contributed by atoms with van der Waals surface area (Å²) in [6, 6.07) is 5.28. The van der Waals surface area contributed by atoms with E-state index in [4.69, 9.17) is 22.0 Å². The number of piperidine rings is 1. The van der Waals surface area contributed by atoms with Crippen molar-refractivity contribution < 1.29 is 9.90 Å². The summed E-state index contributed by atoms with van der Waals surface area (Å²) in [7, 11) is 0. The number of carbonyl (C=O) groups is 1. The topological polar surface area (TPSA) is 77.2 Å². The van der Waals surface area contributed by atoms with Gasteiger partial charge in [0.1, 0.15) is 11.9 Å². The van der Waals surface area contributed by atoms with Crippen molar-refractivity contribution in [3.05, 3.63) is 22.8 Å².